The molecule has 0 aromatic heterocycles. The molecular formula is C34H34Cl3N3O4S. The highest BCUT2D eigenvalue weighted by atomic mass is 35.5. The molecule has 0 aliphatic heterocycles. The minimum absolute atomic E-state index is 0.0199. The van der Waals surface area contributed by atoms with Crippen LogP contribution < -0.4 is 9.62 Å². The van der Waals surface area contributed by atoms with Crippen molar-refractivity contribution >= 4 is 62.3 Å². The van der Waals surface area contributed by atoms with E-state index in [0.29, 0.717) is 17.0 Å². The second kappa shape index (κ2) is 15.6. The first-order valence-electron chi connectivity index (χ1n) is 14.4. The normalized spacial score (nSPS) is 12.6. The van der Waals surface area contributed by atoms with Gasteiger partial charge < -0.3 is 10.2 Å². The fourth-order valence-corrected chi connectivity index (χ4v) is 6.77. The maximum Gasteiger partial charge on any atom is 0.264 e. The minimum Gasteiger partial charge on any atom is -0.352 e. The maximum absolute atomic E-state index is 14.5. The number of hydrogen-bond donors (Lipinski definition) is 1. The predicted molar refractivity (Wildman–Crippen MR) is 181 cm³/mol. The molecule has 7 nitrogen and oxygen atoms in total. The summed E-state index contributed by atoms with van der Waals surface area (Å²) in [5.41, 5.74) is 1.66. The van der Waals surface area contributed by atoms with Gasteiger partial charge in [0.25, 0.3) is 10.0 Å². The number of carbonyl (C=O) groups excluding carboxylic acids is 2. The number of nitrogens with one attached hydrogen (secondary N) is 1. The number of hydrogen-bond acceptors (Lipinski definition) is 4. The van der Waals surface area contributed by atoms with Crippen LogP contribution in [0, 0.1) is 0 Å². The third-order valence-electron chi connectivity index (χ3n) is 7.28. The molecule has 0 unspecified atom stereocenters. The summed E-state index contributed by atoms with van der Waals surface area (Å²) in [7, 11) is -4.27. The van der Waals surface area contributed by atoms with E-state index in [1.807, 2.05) is 44.2 Å². The molecule has 4 rings (SSSR count). The molecule has 45 heavy (non-hydrogen) atoms. The fraction of sp³-hybridized carbons (Fsp3) is 0.235. The molecule has 4 aromatic rings. The Morgan fingerprint density at radius 2 is 1.36 bits per heavy atom. The highest BCUT2D eigenvalue weighted by molar-refractivity contribution is 7.92. The summed E-state index contributed by atoms with van der Waals surface area (Å²) in [4.78, 5) is 29.8. The third-order valence-corrected chi connectivity index (χ3v) is 9.76. The van der Waals surface area contributed by atoms with Crippen molar-refractivity contribution in [2.75, 3.05) is 10.8 Å². The van der Waals surface area contributed by atoms with E-state index in [2.05, 4.69) is 5.32 Å². The van der Waals surface area contributed by atoms with Crippen LogP contribution >= 0.6 is 34.8 Å². The maximum atomic E-state index is 14.5. The molecule has 236 valence electrons. The zero-order chi connectivity index (χ0) is 32.6. The topological polar surface area (TPSA) is 86.8 Å². The summed E-state index contributed by atoms with van der Waals surface area (Å²) < 4.78 is 29.1. The first-order valence-corrected chi connectivity index (χ1v) is 17.0. The average molecular weight is 687 g/mol. The zero-order valence-corrected chi connectivity index (χ0v) is 28.0. The number of carbonyl (C=O) groups is 2. The van der Waals surface area contributed by atoms with Crippen LogP contribution in [0.5, 0.6) is 0 Å². The Labute approximate surface area is 279 Å². The van der Waals surface area contributed by atoms with Gasteiger partial charge in [-0.1, -0.05) is 102 Å². The lowest BCUT2D eigenvalue weighted by Gasteiger charge is -2.34. The number of amides is 2. The van der Waals surface area contributed by atoms with Crippen molar-refractivity contribution in [2.24, 2.45) is 0 Å². The van der Waals surface area contributed by atoms with Gasteiger partial charge in [-0.2, -0.15) is 0 Å². The van der Waals surface area contributed by atoms with E-state index in [9.17, 15) is 18.0 Å². The molecule has 0 heterocycles. The van der Waals surface area contributed by atoms with Gasteiger partial charge in [-0.15, -0.1) is 0 Å². The first-order chi connectivity index (χ1) is 21.5. The lowest BCUT2D eigenvalue weighted by atomic mass is 10.0. The van der Waals surface area contributed by atoms with Crippen LogP contribution in [0.2, 0.25) is 15.1 Å². The number of rotatable bonds is 13. The van der Waals surface area contributed by atoms with Gasteiger partial charge in [-0.25, -0.2) is 8.42 Å². The van der Waals surface area contributed by atoms with Gasteiger partial charge in [0, 0.05) is 34.1 Å². The van der Waals surface area contributed by atoms with Gasteiger partial charge in [0.1, 0.15) is 12.6 Å². The Morgan fingerprint density at radius 1 is 0.778 bits per heavy atom. The van der Waals surface area contributed by atoms with Crippen molar-refractivity contribution < 1.29 is 18.0 Å². The highest BCUT2D eigenvalue weighted by Crippen LogP contribution is 2.30. The Morgan fingerprint density at radius 3 is 1.93 bits per heavy atom. The monoisotopic (exact) mass is 685 g/mol. The molecule has 2 amide bonds. The highest BCUT2D eigenvalue weighted by Gasteiger charge is 2.35. The molecule has 4 aromatic carbocycles. The van der Waals surface area contributed by atoms with Crippen LogP contribution in [0.3, 0.4) is 0 Å². The van der Waals surface area contributed by atoms with Gasteiger partial charge in [0.15, 0.2) is 0 Å². The number of benzene rings is 4. The lowest BCUT2D eigenvalue weighted by molar-refractivity contribution is -0.140. The van der Waals surface area contributed by atoms with Gasteiger partial charge in [-0.3, -0.25) is 13.9 Å². The largest absolute Gasteiger partial charge is 0.352 e. The molecule has 11 heteroatoms. The second-order valence-corrected chi connectivity index (χ2v) is 13.8. The van der Waals surface area contributed by atoms with Gasteiger partial charge >= 0.3 is 0 Å². The van der Waals surface area contributed by atoms with E-state index in [0.717, 1.165) is 9.87 Å². The number of nitrogens with zero attached hydrogens (tertiary/aromatic N) is 2. The van der Waals surface area contributed by atoms with Gasteiger partial charge in [0.05, 0.1) is 10.6 Å². The van der Waals surface area contributed by atoms with E-state index in [1.165, 1.54) is 35.2 Å². The van der Waals surface area contributed by atoms with Crippen LogP contribution in [0.25, 0.3) is 0 Å². The van der Waals surface area contributed by atoms with Crippen molar-refractivity contribution in [1.29, 1.82) is 0 Å². The van der Waals surface area contributed by atoms with Gasteiger partial charge in [-0.05, 0) is 66.9 Å². The van der Waals surface area contributed by atoms with Crippen LogP contribution in [-0.4, -0.2) is 43.8 Å². The summed E-state index contributed by atoms with van der Waals surface area (Å²) in [5.74, 6) is -0.945. The van der Waals surface area contributed by atoms with Crippen molar-refractivity contribution in [2.45, 2.75) is 50.2 Å². The van der Waals surface area contributed by atoms with Crippen LogP contribution in [0.4, 0.5) is 5.69 Å². The molecule has 0 saturated carbocycles. The van der Waals surface area contributed by atoms with Crippen molar-refractivity contribution in [1.82, 2.24) is 10.2 Å². The quantitative estimate of drug-likeness (QED) is 0.159. The van der Waals surface area contributed by atoms with E-state index >= 15 is 0 Å². The summed E-state index contributed by atoms with van der Waals surface area (Å²) in [5, 5.41) is 3.93. The van der Waals surface area contributed by atoms with Crippen LogP contribution in [0.1, 0.15) is 31.4 Å². The molecule has 0 bridgehead atoms. The SMILES string of the molecule is CC[C@H](C)NC(=O)[C@@H](Cc1ccccc1)N(Cc1ccc(Cl)cc1)C(=O)CN(c1cc(Cl)cc(Cl)c1)S(=O)(=O)c1ccccc1. The van der Waals surface area contributed by atoms with Gasteiger partial charge in [0.2, 0.25) is 11.8 Å². The summed E-state index contributed by atoms with van der Waals surface area (Å²) >= 11 is 18.7. The van der Waals surface area contributed by atoms with Crippen molar-refractivity contribution in [3.63, 3.8) is 0 Å². The van der Waals surface area contributed by atoms with E-state index in [4.69, 9.17) is 34.8 Å². The number of anilines is 1. The molecule has 0 radical (unpaired) electrons. The molecule has 1 N–H and O–H groups in total. The molecule has 0 aliphatic rings. The van der Waals surface area contributed by atoms with Crippen molar-refractivity contribution in [3.8, 4) is 0 Å². The van der Waals surface area contributed by atoms with Crippen molar-refractivity contribution in [3.05, 3.63) is 129 Å². The van der Waals surface area contributed by atoms with E-state index in [-0.39, 0.29) is 45.5 Å². The Bertz CT molecular complexity index is 1690. The van der Waals surface area contributed by atoms with E-state index in [1.54, 1.807) is 42.5 Å². The Kier molecular flexibility index (Phi) is 11.9. The smallest absolute Gasteiger partial charge is 0.264 e. The van der Waals surface area contributed by atoms with E-state index < -0.39 is 28.5 Å². The van der Waals surface area contributed by atoms with Crippen LogP contribution in [0.15, 0.2) is 108 Å². The first kappa shape index (κ1) is 34.3. The number of halogens is 3. The Hall–Kier alpha value is -3.56. The molecule has 0 aliphatic carbocycles. The summed E-state index contributed by atoms with van der Waals surface area (Å²) in [6, 6.07) is 27.3. The summed E-state index contributed by atoms with van der Waals surface area (Å²) in [6.45, 7) is 3.25. The Balaban J connectivity index is 1.82. The average Bonchev–Trinajstić information content (AvgIpc) is 3.02. The molecule has 0 spiro atoms. The minimum atomic E-state index is -4.27. The zero-order valence-electron chi connectivity index (χ0n) is 24.9. The molecule has 0 fully saturated rings. The third kappa shape index (κ3) is 9.23. The lowest BCUT2D eigenvalue weighted by Crippen LogP contribution is -2.54. The van der Waals surface area contributed by atoms with Crippen LogP contribution in [-0.2, 0) is 32.6 Å². The molecule has 0 saturated heterocycles. The second-order valence-electron chi connectivity index (χ2n) is 10.6. The fourth-order valence-electron chi connectivity index (χ4n) is 4.71. The predicted octanol–water partition coefficient (Wildman–Crippen LogP) is 7.40. The molecular weight excluding hydrogens is 653 g/mol. The molecule has 2 atom stereocenters. The number of sulfonamides is 1. The summed E-state index contributed by atoms with van der Waals surface area (Å²) in [6.07, 6.45) is 0.893. The standard InChI is InChI=1S/C34H34Cl3N3O4S/c1-3-24(2)38-34(42)32(18-25-10-6-4-7-11-25)39(22-26-14-16-27(35)17-15-26)33(41)23-40(30-20-28(36)19-29(37)21-30)45(43,44)31-12-8-5-9-13-31/h4-17,19-21,24,32H,3,18,22-23H2,1-2H3,(H,38,42)/t24-,32+/m0/s1.